The molecule has 0 saturated heterocycles. The van der Waals surface area contributed by atoms with Crippen molar-refractivity contribution in [2.24, 2.45) is 0 Å². The Balaban J connectivity index is 2.43. The fourth-order valence-corrected chi connectivity index (χ4v) is 1.73. The van der Waals surface area contributed by atoms with Gasteiger partial charge in [0.2, 0.25) is 5.91 Å². The number of rotatable bonds is 7. The van der Waals surface area contributed by atoms with E-state index >= 15 is 0 Å². The molecule has 0 fully saturated rings. The Hall–Kier alpha value is -2.02. The zero-order valence-corrected chi connectivity index (χ0v) is 11.6. The molecule has 0 heterocycles. The highest BCUT2D eigenvalue weighted by Crippen LogP contribution is 2.11. The third kappa shape index (κ3) is 5.43. The third-order valence-electron chi connectivity index (χ3n) is 2.85. The predicted octanol–water partition coefficient (Wildman–Crippen LogP) is 2.67. The number of hydrogen-bond donors (Lipinski definition) is 2. The van der Waals surface area contributed by atoms with Crippen LogP contribution in [-0.4, -0.2) is 18.5 Å². The highest BCUT2D eigenvalue weighted by molar-refractivity contribution is 5.84. The minimum atomic E-state index is -0.310. The number of carbonyl (C=O) groups is 1. The van der Waals surface area contributed by atoms with Gasteiger partial charge in [-0.3, -0.25) is 4.79 Å². The van der Waals surface area contributed by atoms with Gasteiger partial charge in [0.05, 0.1) is 11.6 Å². The summed E-state index contributed by atoms with van der Waals surface area (Å²) >= 11 is 0. The number of benzene rings is 1. The van der Waals surface area contributed by atoms with Gasteiger partial charge >= 0.3 is 0 Å². The van der Waals surface area contributed by atoms with Crippen LogP contribution < -0.4 is 10.6 Å². The number of unbranched alkanes of at least 4 members (excludes halogenated alkanes) is 2. The molecule has 0 aliphatic rings. The van der Waals surface area contributed by atoms with E-state index < -0.39 is 0 Å². The molecular weight excluding hydrogens is 238 g/mol. The number of anilines is 1. The normalized spacial score (nSPS) is 11.4. The number of amides is 1. The summed E-state index contributed by atoms with van der Waals surface area (Å²) in [5, 5.41) is 14.8. The molecule has 19 heavy (non-hydrogen) atoms. The average molecular weight is 259 g/mol. The molecule has 0 aromatic heterocycles. The number of nitrogens with one attached hydrogen (secondary N) is 2. The van der Waals surface area contributed by atoms with Gasteiger partial charge in [-0.15, -0.1) is 0 Å². The van der Waals surface area contributed by atoms with Crippen LogP contribution in [0.5, 0.6) is 0 Å². The lowest BCUT2D eigenvalue weighted by Gasteiger charge is -2.15. The number of nitriles is 1. The molecule has 0 radical (unpaired) electrons. The van der Waals surface area contributed by atoms with Crippen LogP contribution in [-0.2, 0) is 4.79 Å². The topological polar surface area (TPSA) is 64.9 Å². The van der Waals surface area contributed by atoms with Crippen molar-refractivity contribution in [1.82, 2.24) is 5.32 Å². The summed E-state index contributed by atoms with van der Waals surface area (Å²) in [4.78, 5) is 11.8. The molecule has 102 valence electrons. The highest BCUT2D eigenvalue weighted by Gasteiger charge is 2.11. The first-order valence-electron chi connectivity index (χ1n) is 6.71. The zero-order chi connectivity index (χ0) is 14.1. The molecule has 1 rings (SSSR count). The smallest absolute Gasteiger partial charge is 0.242 e. The Kier molecular flexibility index (Phi) is 6.45. The summed E-state index contributed by atoms with van der Waals surface area (Å²) in [6, 6.07) is 8.89. The van der Waals surface area contributed by atoms with Crippen LogP contribution in [0.3, 0.4) is 0 Å². The maximum atomic E-state index is 11.8. The van der Waals surface area contributed by atoms with Gasteiger partial charge < -0.3 is 10.6 Å². The second-order valence-electron chi connectivity index (χ2n) is 4.56. The fraction of sp³-hybridized carbons (Fsp3) is 0.467. The van der Waals surface area contributed by atoms with E-state index in [1.54, 1.807) is 18.2 Å². The van der Waals surface area contributed by atoms with Gasteiger partial charge in [0, 0.05) is 12.2 Å². The quantitative estimate of drug-likeness (QED) is 0.740. The molecule has 0 bridgehead atoms. The van der Waals surface area contributed by atoms with Gasteiger partial charge in [0.25, 0.3) is 0 Å². The second kappa shape index (κ2) is 8.15. The summed E-state index contributed by atoms with van der Waals surface area (Å²) in [6.07, 6.45) is 3.29. The number of carbonyl (C=O) groups excluding carboxylic acids is 1. The first kappa shape index (κ1) is 15.0. The van der Waals surface area contributed by atoms with Crippen molar-refractivity contribution < 1.29 is 4.79 Å². The zero-order valence-electron chi connectivity index (χ0n) is 11.6. The lowest BCUT2D eigenvalue weighted by molar-refractivity contribution is -0.121. The van der Waals surface area contributed by atoms with Crippen molar-refractivity contribution in [3.8, 4) is 6.07 Å². The molecule has 0 spiro atoms. The van der Waals surface area contributed by atoms with Crippen molar-refractivity contribution in [2.45, 2.75) is 39.2 Å². The largest absolute Gasteiger partial charge is 0.374 e. The maximum absolute atomic E-state index is 11.8. The van der Waals surface area contributed by atoms with Gasteiger partial charge in [-0.05, 0) is 31.5 Å². The molecular formula is C15H21N3O. The van der Waals surface area contributed by atoms with Crippen LogP contribution in [0.15, 0.2) is 24.3 Å². The van der Waals surface area contributed by atoms with Crippen molar-refractivity contribution in [3.05, 3.63) is 29.8 Å². The lowest BCUT2D eigenvalue weighted by atomic mass is 10.2. The van der Waals surface area contributed by atoms with Crippen LogP contribution in [0.2, 0.25) is 0 Å². The van der Waals surface area contributed by atoms with Crippen LogP contribution in [0.25, 0.3) is 0 Å². The van der Waals surface area contributed by atoms with Crippen molar-refractivity contribution in [1.29, 1.82) is 5.26 Å². The van der Waals surface area contributed by atoms with Gasteiger partial charge in [-0.2, -0.15) is 5.26 Å². The Bertz CT molecular complexity index is 451. The van der Waals surface area contributed by atoms with Crippen molar-refractivity contribution >= 4 is 11.6 Å². The van der Waals surface area contributed by atoms with E-state index in [-0.39, 0.29) is 11.9 Å². The molecule has 1 unspecified atom stereocenters. The Labute approximate surface area is 114 Å². The third-order valence-corrected chi connectivity index (χ3v) is 2.85. The summed E-state index contributed by atoms with van der Waals surface area (Å²) in [7, 11) is 0. The number of nitrogens with zero attached hydrogens (tertiary/aromatic N) is 1. The molecule has 1 atom stereocenters. The Morgan fingerprint density at radius 2 is 2.21 bits per heavy atom. The first-order chi connectivity index (χ1) is 9.17. The maximum Gasteiger partial charge on any atom is 0.242 e. The first-order valence-corrected chi connectivity index (χ1v) is 6.71. The van der Waals surface area contributed by atoms with E-state index in [9.17, 15) is 4.79 Å². The summed E-state index contributed by atoms with van der Waals surface area (Å²) in [6.45, 7) is 4.67. The molecule has 4 heteroatoms. The van der Waals surface area contributed by atoms with Gasteiger partial charge in [-0.1, -0.05) is 25.8 Å². The van der Waals surface area contributed by atoms with Crippen molar-refractivity contribution in [2.75, 3.05) is 11.9 Å². The van der Waals surface area contributed by atoms with Gasteiger partial charge in [0.1, 0.15) is 6.04 Å². The molecule has 0 saturated carbocycles. The second-order valence-corrected chi connectivity index (χ2v) is 4.56. The van der Waals surface area contributed by atoms with E-state index in [0.717, 1.165) is 31.5 Å². The van der Waals surface area contributed by atoms with Gasteiger partial charge in [0.15, 0.2) is 0 Å². The van der Waals surface area contributed by atoms with Crippen LogP contribution in [0, 0.1) is 11.3 Å². The predicted molar refractivity (Wildman–Crippen MR) is 76.8 cm³/mol. The molecule has 1 aromatic rings. The molecule has 1 aromatic carbocycles. The van der Waals surface area contributed by atoms with E-state index in [1.165, 1.54) is 0 Å². The monoisotopic (exact) mass is 259 g/mol. The fourth-order valence-electron chi connectivity index (χ4n) is 1.73. The molecule has 1 amide bonds. The summed E-state index contributed by atoms with van der Waals surface area (Å²) in [5.74, 6) is -0.0153. The molecule has 0 aliphatic carbocycles. The van der Waals surface area contributed by atoms with Crippen LogP contribution in [0.1, 0.15) is 38.7 Å². The van der Waals surface area contributed by atoms with E-state index in [4.69, 9.17) is 5.26 Å². The Morgan fingerprint density at radius 3 is 2.89 bits per heavy atom. The average Bonchev–Trinajstić information content (AvgIpc) is 2.43. The van der Waals surface area contributed by atoms with Crippen molar-refractivity contribution in [3.63, 3.8) is 0 Å². The SMILES string of the molecule is CCCCCNC(=O)C(C)Nc1cccc(C#N)c1. The van der Waals surface area contributed by atoms with Crippen LogP contribution >= 0.6 is 0 Å². The minimum Gasteiger partial charge on any atom is -0.374 e. The highest BCUT2D eigenvalue weighted by atomic mass is 16.2. The lowest BCUT2D eigenvalue weighted by Crippen LogP contribution is -2.38. The van der Waals surface area contributed by atoms with E-state index in [1.807, 2.05) is 13.0 Å². The molecule has 2 N–H and O–H groups in total. The molecule has 4 nitrogen and oxygen atoms in total. The van der Waals surface area contributed by atoms with Gasteiger partial charge in [-0.25, -0.2) is 0 Å². The molecule has 0 aliphatic heterocycles. The number of hydrogen-bond acceptors (Lipinski definition) is 3. The van der Waals surface area contributed by atoms with Crippen LogP contribution in [0.4, 0.5) is 5.69 Å². The summed E-state index contributed by atoms with van der Waals surface area (Å²) < 4.78 is 0. The minimum absolute atomic E-state index is 0.0153. The summed E-state index contributed by atoms with van der Waals surface area (Å²) in [5.41, 5.74) is 1.37. The van der Waals surface area contributed by atoms with E-state index in [0.29, 0.717) is 5.56 Å². The van der Waals surface area contributed by atoms with E-state index in [2.05, 4.69) is 23.6 Å². The standard InChI is InChI=1S/C15H21N3O/c1-3-4-5-9-17-15(19)12(2)18-14-8-6-7-13(10-14)11-16/h6-8,10,12,18H,3-5,9H2,1-2H3,(H,17,19). The Morgan fingerprint density at radius 1 is 1.42 bits per heavy atom.